The molecule has 1 N–H and O–H groups in total. The van der Waals surface area contributed by atoms with Crippen molar-refractivity contribution >= 4 is 33.0 Å². The van der Waals surface area contributed by atoms with Crippen molar-refractivity contribution in [3.05, 3.63) is 42.5 Å². The zero-order valence-electron chi connectivity index (χ0n) is 18.0. The summed E-state index contributed by atoms with van der Waals surface area (Å²) in [4.78, 5) is 18.2. The minimum Gasteiger partial charge on any atom is -0.487 e. The van der Waals surface area contributed by atoms with Crippen LogP contribution in [0.3, 0.4) is 0 Å². The lowest BCUT2D eigenvalue weighted by Gasteiger charge is -2.34. The van der Waals surface area contributed by atoms with Crippen LogP contribution in [-0.4, -0.2) is 65.1 Å². The molecule has 2 aromatic carbocycles. The van der Waals surface area contributed by atoms with E-state index < -0.39 is 10.0 Å². The number of carbonyl (C=O) groups is 1. The maximum Gasteiger partial charge on any atom is 0.261 e. The number of hydrogen-bond acceptors (Lipinski definition) is 6. The molecule has 2 aromatic rings. The van der Waals surface area contributed by atoms with Crippen LogP contribution in [0, 0.1) is 0 Å². The van der Waals surface area contributed by atoms with Crippen LogP contribution in [0.25, 0.3) is 0 Å². The number of sulfonamides is 1. The second-order valence-electron chi connectivity index (χ2n) is 8.13. The first-order chi connectivity index (χ1) is 14.7. The molecule has 166 valence electrons. The number of nitrogens with zero attached hydrogens (tertiary/aromatic N) is 3. The highest BCUT2D eigenvalue weighted by Crippen LogP contribution is 2.36. The average molecular weight is 445 g/mol. The van der Waals surface area contributed by atoms with Crippen LogP contribution in [0.5, 0.6) is 5.75 Å². The number of nitrogens with one attached hydrogen (secondary N) is 1. The Kier molecular flexibility index (Phi) is 5.81. The fraction of sp³-hybridized carbons (Fsp3) is 0.409. The van der Waals surface area contributed by atoms with Gasteiger partial charge in [-0.3, -0.25) is 9.52 Å². The largest absolute Gasteiger partial charge is 0.487 e. The van der Waals surface area contributed by atoms with E-state index in [0.29, 0.717) is 23.7 Å². The first-order valence-electron chi connectivity index (χ1n) is 10.4. The van der Waals surface area contributed by atoms with Crippen LogP contribution in [-0.2, 0) is 14.8 Å². The van der Waals surface area contributed by atoms with Crippen LogP contribution < -0.4 is 19.3 Å². The summed E-state index contributed by atoms with van der Waals surface area (Å²) >= 11 is 0. The van der Waals surface area contributed by atoms with E-state index in [1.165, 1.54) is 19.1 Å². The number of ether oxygens (including phenoxy) is 1. The van der Waals surface area contributed by atoms with Crippen LogP contribution in [0.15, 0.2) is 47.4 Å². The molecule has 0 aromatic heterocycles. The van der Waals surface area contributed by atoms with E-state index in [9.17, 15) is 13.2 Å². The standard InChI is InChI=1S/C22H28N4O4S/c1-16-15-26(17(2)27)21-14-20(8-9-22(21)30-16)31(28,29)23-18-4-6-19(7-5-18)25-12-10-24(3)11-13-25/h4-9,14,16,23H,10-13,15H2,1-3H3. The van der Waals surface area contributed by atoms with E-state index in [4.69, 9.17) is 4.74 Å². The first kappa shape index (κ1) is 21.5. The molecule has 1 fully saturated rings. The van der Waals surface area contributed by atoms with E-state index >= 15 is 0 Å². The molecule has 0 radical (unpaired) electrons. The summed E-state index contributed by atoms with van der Waals surface area (Å²) in [6, 6.07) is 12.0. The summed E-state index contributed by atoms with van der Waals surface area (Å²) in [5.74, 6) is 0.350. The molecule has 0 aliphatic carbocycles. The third-order valence-corrected chi connectivity index (χ3v) is 7.05. The highest BCUT2D eigenvalue weighted by Gasteiger charge is 2.28. The van der Waals surface area contributed by atoms with Gasteiger partial charge in [-0.05, 0) is 56.4 Å². The molecule has 2 aliphatic rings. The smallest absolute Gasteiger partial charge is 0.261 e. The maximum absolute atomic E-state index is 13.0. The molecule has 31 heavy (non-hydrogen) atoms. The van der Waals surface area contributed by atoms with Crippen molar-refractivity contribution in [2.45, 2.75) is 24.8 Å². The monoisotopic (exact) mass is 444 g/mol. The molecule has 8 nitrogen and oxygen atoms in total. The first-order valence-corrected chi connectivity index (χ1v) is 11.9. The van der Waals surface area contributed by atoms with Gasteiger partial charge in [-0.25, -0.2) is 8.42 Å². The number of anilines is 3. The second kappa shape index (κ2) is 8.39. The quantitative estimate of drug-likeness (QED) is 0.780. The third-order valence-electron chi connectivity index (χ3n) is 5.67. The fourth-order valence-electron chi connectivity index (χ4n) is 3.90. The fourth-order valence-corrected chi connectivity index (χ4v) is 4.98. The molecule has 1 amide bonds. The average Bonchev–Trinajstić information content (AvgIpc) is 2.73. The van der Waals surface area contributed by atoms with Crippen molar-refractivity contribution in [3.63, 3.8) is 0 Å². The molecule has 1 atom stereocenters. The number of likely N-dealkylation sites (N-methyl/N-ethyl adjacent to an activating group) is 1. The molecule has 1 saturated heterocycles. The number of piperazine rings is 1. The van der Waals surface area contributed by atoms with Crippen LogP contribution in [0.2, 0.25) is 0 Å². The summed E-state index contributed by atoms with van der Waals surface area (Å²) in [6.07, 6.45) is -0.157. The normalized spacial score (nSPS) is 19.5. The highest BCUT2D eigenvalue weighted by atomic mass is 32.2. The molecular weight excluding hydrogens is 416 g/mol. The predicted octanol–water partition coefficient (Wildman–Crippen LogP) is 2.37. The van der Waals surface area contributed by atoms with Crippen molar-refractivity contribution in [1.82, 2.24) is 4.90 Å². The van der Waals surface area contributed by atoms with E-state index in [-0.39, 0.29) is 16.9 Å². The Hall–Kier alpha value is -2.78. The topological polar surface area (TPSA) is 82.2 Å². The molecular formula is C22H28N4O4S. The number of fused-ring (bicyclic) bond motifs is 1. The summed E-state index contributed by atoms with van der Waals surface area (Å²) < 4.78 is 34.4. The Morgan fingerprint density at radius 1 is 1.06 bits per heavy atom. The Balaban J connectivity index is 1.53. The van der Waals surface area contributed by atoms with Crippen LogP contribution in [0.4, 0.5) is 17.1 Å². The van der Waals surface area contributed by atoms with Gasteiger partial charge in [-0.1, -0.05) is 0 Å². The van der Waals surface area contributed by atoms with Crippen molar-refractivity contribution in [2.75, 3.05) is 54.3 Å². The zero-order chi connectivity index (χ0) is 22.2. The van der Waals surface area contributed by atoms with Gasteiger partial charge in [-0.2, -0.15) is 0 Å². The van der Waals surface area contributed by atoms with Crippen LogP contribution >= 0.6 is 0 Å². The highest BCUT2D eigenvalue weighted by molar-refractivity contribution is 7.92. The van der Waals surface area contributed by atoms with E-state index in [2.05, 4.69) is 21.6 Å². The van der Waals surface area contributed by atoms with Gasteiger partial charge in [-0.15, -0.1) is 0 Å². The molecule has 1 unspecified atom stereocenters. The minimum atomic E-state index is -3.82. The lowest BCUT2D eigenvalue weighted by atomic mass is 10.2. The third kappa shape index (κ3) is 4.62. The lowest BCUT2D eigenvalue weighted by Crippen LogP contribution is -2.44. The number of rotatable bonds is 4. The van der Waals surface area contributed by atoms with Gasteiger partial charge in [0.1, 0.15) is 11.9 Å². The van der Waals surface area contributed by atoms with Gasteiger partial charge < -0.3 is 19.4 Å². The number of benzene rings is 2. The Morgan fingerprint density at radius 3 is 2.39 bits per heavy atom. The summed E-state index contributed by atoms with van der Waals surface area (Å²) in [7, 11) is -1.71. The van der Waals surface area contributed by atoms with Crippen molar-refractivity contribution in [2.24, 2.45) is 0 Å². The SMILES string of the molecule is CC(=O)N1CC(C)Oc2ccc(S(=O)(=O)Nc3ccc(N4CCN(C)CC4)cc3)cc21. The van der Waals surface area contributed by atoms with Gasteiger partial charge in [0.2, 0.25) is 5.91 Å². The molecule has 0 saturated carbocycles. The van der Waals surface area contributed by atoms with Crippen molar-refractivity contribution in [3.8, 4) is 5.75 Å². The number of hydrogen-bond donors (Lipinski definition) is 1. The van der Waals surface area contributed by atoms with E-state index in [1.54, 1.807) is 23.1 Å². The van der Waals surface area contributed by atoms with E-state index in [1.807, 2.05) is 19.1 Å². The summed E-state index contributed by atoms with van der Waals surface area (Å²) in [5.41, 5.74) is 2.04. The predicted molar refractivity (Wildman–Crippen MR) is 122 cm³/mol. The zero-order valence-corrected chi connectivity index (χ0v) is 18.9. The Morgan fingerprint density at radius 2 is 1.74 bits per heavy atom. The molecule has 2 heterocycles. The molecule has 4 rings (SSSR count). The van der Waals surface area contributed by atoms with Gasteiger partial charge in [0.15, 0.2) is 0 Å². The minimum absolute atomic E-state index is 0.0822. The van der Waals surface area contributed by atoms with Crippen molar-refractivity contribution in [1.29, 1.82) is 0 Å². The van der Waals surface area contributed by atoms with Gasteiger partial charge in [0, 0.05) is 44.5 Å². The molecule has 9 heteroatoms. The molecule has 0 bridgehead atoms. The number of carbonyl (C=O) groups excluding carboxylic acids is 1. The molecule has 2 aliphatic heterocycles. The van der Waals surface area contributed by atoms with Crippen LogP contribution in [0.1, 0.15) is 13.8 Å². The van der Waals surface area contributed by atoms with Gasteiger partial charge in [0.05, 0.1) is 17.1 Å². The van der Waals surface area contributed by atoms with E-state index in [0.717, 1.165) is 31.9 Å². The van der Waals surface area contributed by atoms with Gasteiger partial charge in [0.25, 0.3) is 10.0 Å². The molecule has 0 spiro atoms. The van der Waals surface area contributed by atoms with Gasteiger partial charge >= 0.3 is 0 Å². The summed E-state index contributed by atoms with van der Waals surface area (Å²) in [5, 5.41) is 0. The Labute approximate surface area is 183 Å². The number of amides is 1. The Bertz CT molecular complexity index is 1060. The summed E-state index contributed by atoms with van der Waals surface area (Å²) in [6.45, 7) is 7.63. The maximum atomic E-state index is 13.0. The second-order valence-corrected chi connectivity index (χ2v) is 9.81. The lowest BCUT2D eigenvalue weighted by molar-refractivity contribution is -0.117. The van der Waals surface area contributed by atoms with Crippen molar-refractivity contribution < 1.29 is 17.9 Å².